The lowest BCUT2D eigenvalue weighted by molar-refractivity contribution is 0.626. The topological polar surface area (TPSA) is 29.3 Å². The third-order valence-corrected chi connectivity index (χ3v) is 3.63. The van der Waals surface area contributed by atoms with E-state index < -0.39 is 0 Å². The Morgan fingerprint density at radius 1 is 1.21 bits per heavy atom. The Balaban J connectivity index is 1.86. The molecule has 3 heteroatoms. The molecule has 0 amide bonds. The van der Waals surface area contributed by atoms with Crippen molar-refractivity contribution in [2.45, 2.75) is 19.5 Å². The van der Waals surface area contributed by atoms with Crippen molar-refractivity contribution in [2.75, 3.05) is 11.4 Å². The molecule has 0 aliphatic carbocycles. The third kappa shape index (κ3) is 2.34. The quantitative estimate of drug-likeness (QED) is 0.894. The molecule has 2 N–H and O–H groups in total. The van der Waals surface area contributed by atoms with E-state index in [1.807, 2.05) is 12.1 Å². The summed E-state index contributed by atoms with van der Waals surface area (Å²) in [4.78, 5) is 2.26. The lowest BCUT2D eigenvalue weighted by Crippen LogP contribution is -2.23. The summed E-state index contributed by atoms with van der Waals surface area (Å²) >= 11 is 0. The van der Waals surface area contributed by atoms with Gasteiger partial charge < -0.3 is 10.6 Å². The fraction of sp³-hybridized carbons (Fsp3) is 0.250. The molecule has 0 radical (unpaired) electrons. The van der Waals surface area contributed by atoms with E-state index in [4.69, 9.17) is 5.73 Å². The molecule has 2 aromatic rings. The summed E-state index contributed by atoms with van der Waals surface area (Å²) in [6.45, 7) is 3.66. The second-order valence-corrected chi connectivity index (χ2v) is 5.18. The number of halogens is 1. The van der Waals surface area contributed by atoms with Crippen molar-refractivity contribution in [3.05, 3.63) is 65.0 Å². The molecule has 1 aliphatic heterocycles. The SMILES string of the molecule is Cc1ccc2c(c1)C(N)CN2Cc1ccc(F)cc1. The van der Waals surface area contributed by atoms with Gasteiger partial charge in [-0.15, -0.1) is 0 Å². The fourth-order valence-electron chi connectivity index (χ4n) is 2.65. The van der Waals surface area contributed by atoms with Gasteiger partial charge in [-0.1, -0.05) is 29.8 Å². The summed E-state index contributed by atoms with van der Waals surface area (Å²) in [6, 6.07) is 13.1. The maximum Gasteiger partial charge on any atom is 0.123 e. The van der Waals surface area contributed by atoms with Crippen LogP contribution in [0, 0.1) is 12.7 Å². The summed E-state index contributed by atoms with van der Waals surface area (Å²) in [7, 11) is 0. The van der Waals surface area contributed by atoms with Crippen molar-refractivity contribution in [1.29, 1.82) is 0 Å². The minimum Gasteiger partial charge on any atom is -0.365 e. The Morgan fingerprint density at radius 2 is 1.95 bits per heavy atom. The third-order valence-electron chi connectivity index (χ3n) is 3.63. The first-order valence-electron chi connectivity index (χ1n) is 6.49. The maximum absolute atomic E-state index is 12.9. The second kappa shape index (κ2) is 4.67. The predicted molar refractivity (Wildman–Crippen MR) is 75.6 cm³/mol. The minimum absolute atomic E-state index is 0.0651. The van der Waals surface area contributed by atoms with Crippen LogP contribution in [0.5, 0.6) is 0 Å². The van der Waals surface area contributed by atoms with Crippen molar-refractivity contribution in [3.8, 4) is 0 Å². The molecule has 0 fully saturated rings. The van der Waals surface area contributed by atoms with E-state index in [2.05, 4.69) is 30.0 Å². The van der Waals surface area contributed by atoms with Gasteiger partial charge in [-0.25, -0.2) is 4.39 Å². The van der Waals surface area contributed by atoms with E-state index in [9.17, 15) is 4.39 Å². The normalized spacial score (nSPS) is 17.6. The monoisotopic (exact) mass is 256 g/mol. The van der Waals surface area contributed by atoms with Crippen molar-refractivity contribution in [2.24, 2.45) is 5.73 Å². The van der Waals surface area contributed by atoms with Crippen LogP contribution in [-0.2, 0) is 6.54 Å². The molecule has 3 rings (SSSR count). The summed E-state index contributed by atoms with van der Waals surface area (Å²) < 4.78 is 12.9. The zero-order valence-corrected chi connectivity index (χ0v) is 10.9. The smallest absolute Gasteiger partial charge is 0.123 e. The maximum atomic E-state index is 12.9. The molecule has 19 heavy (non-hydrogen) atoms. The largest absolute Gasteiger partial charge is 0.365 e. The summed E-state index contributed by atoms with van der Waals surface area (Å²) in [5, 5.41) is 0. The van der Waals surface area contributed by atoms with E-state index in [0.29, 0.717) is 0 Å². The first kappa shape index (κ1) is 12.2. The molecular formula is C16H17FN2. The van der Waals surface area contributed by atoms with Gasteiger partial charge in [0, 0.05) is 24.8 Å². The molecule has 0 saturated carbocycles. The number of nitrogens with zero attached hydrogens (tertiary/aromatic N) is 1. The molecule has 1 unspecified atom stereocenters. The van der Waals surface area contributed by atoms with Gasteiger partial charge in [0.25, 0.3) is 0 Å². The summed E-state index contributed by atoms with van der Waals surface area (Å²) in [5.74, 6) is -0.196. The number of benzene rings is 2. The Hall–Kier alpha value is -1.87. The van der Waals surface area contributed by atoms with Crippen molar-refractivity contribution >= 4 is 5.69 Å². The molecule has 0 bridgehead atoms. The average molecular weight is 256 g/mol. The zero-order valence-electron chi connectivity index (χ0n) is 10.9. The first-order chi connectivity index (χ1) is 9.13. The predicted octanol–water partition coefficient (Wildman–Crippen LogP) is 3.15. The lowest BCUT2D eigenvalue weighted by Gasteiger charge is -2.19. The van der Waals surface area contributed by atoms with Crippen LogP contribution in [-0.4, -0.2) is 6.54 Å². The van der Waals surface area contributed by atoms with Crippen molar-refractivity contribution < 1.29 is 4.39 Å². The number of hydrogen-bond acceptors (Lipinski definition) is 2. The second-order valence-electron chi connectivity index (χ2n) is 5.18. The number of anilines is 1. The molecule has 1 heterocycles. The molecule has 0 spiro atoms. The van der Waals surface area contributed by atoms with Crippen LogP contribution >= 0.6 is 0 Å². The molecule has 2 nitrogen and oxygen atoms in total. The Bertz CT molecular complexity index is 592. The van der Waals surface area contributed by atoms with Gasteiger partial charge in [0.2, 0.25) is 0 Å². The van der Waals surface area contributed by atoms with E-state index in [-0.39, 0.29) is 11.9 Å². The first-order valence-corrected chi connectivity index (χ1v) is 6.49. The van der Waals surface area contributed by atoms with Crippen LogP contribution in [0.15, 0.2) is 42.5 Å². The molecular weight excluding hydrogens is 239 g/mol. The highest BCUT2D eigenvalue weighted by Gasteiger charge is 2.25. The standard InChI is InChI=1S/C16H17FN2/c1-11-2-7-16-14(8-11)15(18)10-19(16)9-12-3-5-13(17)6-4-12/h2-8,15H,9-10,18H2,1H3. The zero-order chi connectivity index (χ0) is 13.4. The van der Waals surface area contributed by atoms with Crippen molar-refractivity contribution in [3.63, 3.8) is 0 Å². The molecule has 0 aromatic heterocycles. The van der Waals surface area contributed by atoms with Gasteiger partial charge in [-0.05, 0) is 36.2 Å². The number of aryl methyl sites for hydroxylation is 1. The minimum atomic E-state index is -0.196. The molecule has 0 saturated heterocycles. The van der Waals surface area contributed by atoms with Crippen LogP contribution in [0.25, 0.3) is 0 Å². The van der Waals surface area contributed by atoms with Gasteiger partial charge in [-0.3, -0.25) is 0 Å². The van der Waals surface area contributed by atoms with Crippen LogP contribution in [0.4, 0.5) is 10.1 Å². The van der Waals surface area contributed by atoms with Gasteiger partial charge in [0.1, 0.15) is 5.82 Å². The molecule has 1 aliphatic rings. The van der Waals surface area contributed by atoms with Crippen molar-refractivity contribution in [1.82, 2.24) is 0 Å². The Kier molecular flexibility index (Phi) is 2.99. The van der Waals surface area contributed by atoms with Gasteiger partial charge in [-0.2, -0.15) is 0 Å². The van der Waals surface area contributed by atoms with Crippen LogP contribution in [0.2, 0.25) is 0 Å². The molecule has 1 atom stereocenters. The number of rotatable bonds is 2. The highest BCUT2D eigenvalue weighted by Crippen LogP contribution is 2.34. The van der Waals surface area contributed by atoms with Crippen LogP contribution < -0.4 is 10.6 Å². The van der Waals surface area contributed by atoms with Gasteiger partial charge in [0.05, 0.1) is 0 Å². The molecule has 2 aromatic carbocycles. The van der Waals surface area contributed by atoms with Crippen LogP contribution in [0.3, 0.4) is 0 Å². The van der Waals surface area contributed by atoms with Gasteiger partial charge in [0.15, 0.2) is 0 Å². The van der Waals surface area contributed by atoms with E-state index in [0.717, 1.165) is 18.7 Å². The number of nitrogens with two attached hydrogens (primary N) is 1. The highest BCUT2D eigenvalue weighted by atomic mass is 19.1. The summed E-state index contributed by atoms with van der Waals surface area (Å²) in [5.41, 5.74) is 10.9. The Morgan fingerprint density at radius 3 is 2.68 bits per heavy atom. The van der Waals surface area contributed by atoms with E-state index >= 15 is 0 Å². The summed E-state index contributed by atoms with van der Waals surface area (Å²) in [6.07, 6.45) is 0. The Labute approximate surface area is 112 Å². The fourth-order valence-corrected chi connectivity index (χ4v) is 2.65. The van der Waals surface area contributed by atoms with E-state index in [1.54, 1.807) is 0 Å². The average Bonchev–Trinajstić information content (AvgIpc) is 2.69. The highest BCUT2D eigenvalue weighted by molar-refractivity contribution is 5.61. The molecule has 98 valence electrons. The number of hydrogen-bond donors (Lipinski definition) is 1. The van der Waals surface area contributed by atoms with Crippen LogP contribution in [0.1, 0.15) is 22.7 Å². The lowest BCUT2D eigenvalue weighted by atomic mass is 10.1. The van der Waals surface area contributed by atoms with Gasteiger partial charge >= 0.3 is 0 Å². The number of fused-ring (bicyclic) bond motifs is 1. The van der Waals surface area contributed by atoms with E-state index in [1.165, 1.54) is 28.9 Å².